The van der Waals surface area contributed by atoms with Crippen molar-refractivity contribution in [1.82, 2.24) is 14.8 Å². The first-order chi connectivity index (χ1) is 10.3. The van der Waals surface area contributed by atoms with Crippen molar-refractivity contribution >= 4 is 16.9 Å². The van der Waals surface area contributed by atoms with Crippen LogP contribution in [0.4, 0.5) is 13.2 Å². The van der Waals surface area contributed by atoms with Crippen LogP contribution in [0.2, 0.25) is 0 Å². The summed E-state index contributed by atoms with van der Waals surface area (Å²) in [5.74, 6) is -1.20. The van der Waals surface area contributed by atoms with Crippen molar-refractivity contribution in [2.45, 2.75) is 6.18 Å². The van der Waals surface area contributed by atoms with Crippen LogP contribution in [-0.4, -0.2) is 25.8 Å². The Morgan fingerprint density at radius 3 is 2.73 bits per heavy atom. The lowest BCUT2D eigenvalue weighted by Gasteiger charge is -2.08. The van der Waals surface area contributed by atoms with Crippen molar-refractivity contribution < 1.29 is 23.1 Å². The molecule has 114 valence electrons. The van der Waals surface area contributed by atoms with Gasteiger partial charge in [-0.25, -0.2) is 4.79 Å². The molecule has 0 aliphatic heterocycles. The molecule has 0 amide bonds. The number of carboxylic acid groups (broad SMARTS) is 1. The fourth-order valence-electron chi connectivity index (χ4n) is 2.49. The molecule has 0 atom stereocenters. The predicted octanol–water partition coefficient (Wildman–Crippen LogP) is 3.29. The first-order valence-electron chi connectivity index (χ1n) is 6.23. The van der Waals surface area contributed by atoms with E-state index < -0.39 is 17.7 Å². The molecule has 0 spiro atoms. The number of hydrogen-bond donors (Lipinski definition) is 2. The average molecular weight is 309 g/mol. The summed E-state index contributed by atoms with van der Waals surface area (Å²) in [6.07, 6.45) is -3.36. The van der Waals surface area contributed by atoms with Gasteiger partial charge in [0, 0.05) is 18.0 Å². The fourth-order valence-corrected chi connectivity index (χ4v) is 2.49. The number of hydrogen-bond acceptors (Lipinski definition) is 2. The van der Waals surface area contributed by atoms with Crippen molar-refractivity contribution in [2.24, 2.45) is 7.05 Å². The second-order valence-corrected chi connectivity index (χ2v) is 4.79. The number of benzene rings is 1. The van der Waals surface area contributed by atoms with Gasteiger partial charge >= 0.3 is 12.1 Å². The maximum atomic E-state index is 13.1. The van der Waals surface area contributed by atoms with Gasteiger partial charge in [0.15, 0.2) is 0 Å². The number of carbonyl (C=O) groups is 1. The highest BCUT2D eigenvalue weighted by molar-refractivity contribution is 5.97. The smallest absolute Gasteiger partial charge is 0.417 e. The van der Waals surface area contributed by atoms with Crippen molar-refractivity contribution in [3.63, 3.8) is 0 Å². The highest BCUT2D eigenvalue weighted by Crippen LogP contribution is 2.37. The number of nitrogens with one attached hydrogen (secondary N) is 1. The van der Waals surface area contributed by atoms with Gasteiger partial charge in [0.2, 0.25) is 0 Å². The lowest BCUT2D eigenvalue weighted by molar-refractivity contribution is -0.136. The van der Waals surface area contributed by atoms with E-state index in [1.165, 1.54) is 16.7 Å². The Morgan fingerprint density at radius 1 is 1.36 bits per heavy atom. The molecule has 0 radical (unpaired) electrons. The average Bonchev–Trinajstić information content (AvgIpc) is 3.02. The molecule has 3 aromatic rings. The summed E-state index contributed by atoms with van der Waals surface area (Å²) in [6.45, 7) is 0. The Hall–Kier alpha value is -2.77. The zero-order valence-corrected chi connectivity index (χ0v) is 11.3. The summed E-state index contributed by atoms with van der Waals surface area (Å²) in [5, 5.41) is 15.3. The number of aromatic carboxylic acids is 1. The monoisotopic (exact) mass is 309 g/mol. The summed E-state index contributed by atoms with van der Waals surface area (Å²) >= 11 is 0. The minimum Gasteiger partial charge on any atom is -0.478 e. The molecule has 2 heterocycles. The summed E-state index contributed by atoms with van der Waals surface area (Å²) in [6, 6.07) is 5.18. The maximum Gasteiger partial charge on any atom is 0.417 e. The summed E-state index contributed by atoms with van der Waals surface area (Å²) in [4.78, 5) is 11.2. The van der Waals surface area contributed by atoms with Gasteiger partial charge in [0.25, 0.3) is 0 Å². The van der Waals surface area contributed by atoms with Crippen LogP contribution in [0, 0.1) is 0 Å². The fraction of sp³-hybridized carbons (Fsp3) is 0.143. The van der Waals surface area contributed by atoms with E-state index in [9.17, 15) is 18.0 Å². The van der Waals surface area contributed by atoms with Gasteiger partial charge in [0.1, 0.15) is 5.56 Å². The highest BCUT2D eigenvalue weighted by Gasteiger charge is 2.33. The van der Waals surface area contributed by atoms with E-state index in [4.69, 9.17) is 5.11 Å². The molecule has 0 saturated heterocycles. The maximum absolute atomic E-state index is 13.1. The van der Waals surface area contributed by atoms with Crippen LogP contribution < -0.4 is 0 Å². The Morgan fingerprint density at radius 2 is 2.09 bits per heavy atom. The number of rotatable bonds is 2. The van der Waals surface area contributed by atoms with Crippen LogP contribution in [0.1, 0.15) is 15.9 Å². The largest absolute Gasteiger partial charge is 0.478 e. The molecule has 0 aliphatic carbocycles. The zero-order valence-electron chi connectivity index (χ0n) is 11.3. The van der Waals surface area contributed by atoms with Gasteiger partial charge in [-0.05, 0) is 18.2 Å². The molecule has 2 aromatic heterocycles. The lowest BCUT2D eigenvalue weighted by atomic mass is 10.1. The van der Waals surface area contributed by atoms with Crippen molar-refractivity contribution in [2.75, 3.05) is 0 Å². The molecule has 2 N–H and O–H groups in total. The van der Waals surface area contributed by atoms with Gasteiger partial charge < -0.3 is 9.67 Å². The standard InChI is InChI=1S/C14H10F3N3O2/c1-20-10-4-2-3-9(14(15,16)17)7(10)5-11(20)12-8(13(21)22)6-18-19-12/h2-6H,1H3,(H,18,19)(H,21,22). The van der Waals surface area contributed by atoms with Crippen molar-refractivity contribution in [3.8, 4) is 11.4 Å². The van der Waals surface area contributed by atoms with Crippen molar-refractivity contribution in [1.29, 1.82) is 0 Å². The van der Waals surface area contributed by atoms with Crippen LogP contribution >= 0.6 is 0 Å². The predicted molar refractivity (Wildman–Crippen MR) is 72.5 cm³/mol. The molecule has 0 unspecified atom stereocenters. The van der Waals surface area contributed by atoms with Crippen LogP contribution in [0.3, 0.4) is 0 Å². The lowest BCUT2D eigenvalue weighted by Crippen LogP contribution is -2.05. The molecule has 8 heteroatoms. The number of aromatic nitrogens is 3. The van der Waals surface area contributed by atoms with E-state index in [1.54, 1.807) is 13.1 Å². The van der Waals surface area contributed by atoms with E-state index in [0.29, 0.717) is 11.2 Å². The number of aryl methyl sites for hydroxylation is 1. The number of aromatic amines is 1. The van der Waals surface area contributed by atoms with Crippen LogP contribution in [-0.2, 0) is 13.2 Å². The van der Waals surface area contributed by atoms with Gasteiger partial charge in [0.05, 0.1) is 23.1 Å². The van der Waals surface area contributed by atoms with Crippen molar-refractivity contribution in [3.05, 3.63) is 41.6 Å². The van der Waals surface area contributed by atoms with Gasteiger partial charge in [-0.2, -0.15) is 18.3 Å². The first-order valence-corrected chi connectivity index (χ1v) is 6.23. The highest BCUT2D eigenvalue weighted by atomic mass is 19.4. The summed E-state index contributed by atoms with van der Waals surface area (Å²) < 4.78 is 40.8. The SMILES string of the molecule is Cn1c(-c2[nH]ncc2C(=O)O)cc2c(C(F)(F)F)cccc21. The molecule has 0 fully saturated rings. The molecular weight excluding hydrogens is 299 g/mol. The topological polar surface area (TPSA) is 70.9 Å². The first kappa shape index (κ1) is 14.2. The third-order valence-corrected chi connectivity index (χ3v) is 3.52. The Kier molecular flexibility index (Phi) is 2.98. The molecule has 22 heavy (non-hydrogen) atoms. The Balaban J connectivity index is 2.31. The zero-order chi connectivity index (χ0) is 16.1. The number of fused-ring (bicyclic) bond motifs is 1. The normalized spacial score (nSPS) is 12.0. The van der Waals surface area contributed by atoms with E-state index in [-0.39, 0.29) is 16.6 Å². The third kappa shape index (κ3) is 2.03. The number of halogens is 3. The van der Waals surface area contributed by atoms with E-state index in [1.807, 2.05) is 0 Å². The third-order valence-electron chi connectivity index (χ3n) is 3.52. The minimum atomic E-state index is -4.48. The molecule has 3 rings (SSSR count). The molecule has 0 saturated carbocycles. The van der Waals surface area contributed by atoms with Gasteiger partial charge in [-0.1, -0.05) is 6.07 Å². The Bertz CT molecular complexity index is 877. The molecule has 0 aliphatic rings. The summed E-state index contributed by atoms with van der Waals surface area (Å²) in [7, 11) is 1.57. The molecule has 0 bridgehead atoms. The van der Waals surface area contributed by atoms with E-state index in [2.05, 4.69) is 10.2 Å². The van der Waals surface area contributed by atoms with Gasteiger partial charge in [-0.3, -0.25) is 5.10 Å². The second kappa shape index (κ2) is 4.62. The number of nitrogens with zero attached hydrogens (tertiary/aromatic N) is 2. The number of alkyl halides is 3. The molecular formula is C14H10F3N3O2. The van der Waals surface area contributed by atoms with Gasteiger partial charge in [-0.15, -0.1) is 0 Å². The summed E-state index contributed by atoms with van der Waals surface area (Å²) in [5.41, 5.74) is -0.0145. The van der Waals surface area contributed by atoms with E-state index >= 15 is 0 Å². The van der Waals surface area contributed by atoms with E-state index in [0.717, 1.165) is 12.3 Å². The van der Waals surface area contributed by atoms with Crippen LogP contribution in [0.5, 0.6) is 0 Å². The van der Waals surface area contributed by atoms with Crippen LogP contribution in [0.15, 0.2) is 30.5 Å². The number of carboxylic acids is 1. The quantitative estimate of drug-likeness (QED) is 0.763. The molecule has 1 aromatic carbocycles. The minimum absolute atomic E-state index is 0.0124. The number of H-pyrrole nitrogens is 1. The second-order valence-electron chi connectivity index (χ2n) is 4.79. The Labute approximate surface area is 122 Å². The van der Waals surface area contributed by atoms with Crippen LogP contribution in [0.25, 0.3) is 22.3 Å². The molecule has 5 nitrogen and oxygen atoms in total.